The molecule has 0 spiro atoms. The van der Waals surface area contributed by atoms with E-state index in [1.807, 2.05) is 24.5 Å². The highest BCUT2D eigenvalue weighted by atomic mass is 35.5. The second-order valence-electron chi connectivity index (χ2n) is 7.01. The SMILES string of the molecule is COCc1nc2c(CCc3ccncc3)ccc(OC)c2n1Cc1ccccc1.Cl.O.O. The topological polar surface area (TPSA) is 112 Å². The standard InChI is InChI=1S/C24H25N3O2.ClH.2H2O/c1-28-17-22-26-23-20(9-8-18-12-14-25-15-13-18)10-11-21(29-2)24(23)27(22)16-19-6-4-3-5-7-19;;;/h3-7,10-15H,8-9,16-17H2,1-2H3;1H;2*1H2. The molecule has 172 valence electrons. The lowest BCUT2D eigenvalue weighted by molar-refractivity contribution is 0.175. The summed E-state index contributed by atoms with van der Waals surface area (Å²) in [5.41, 5.74) is 5.71. The van der Waals surface area contributed by atoms with E-state index in [9.17, 15) is 0 Å². The van der Waals surface area contributed by atoms with E-state index in [1.165, 1.54) is 16.7 Å². The van der Waals surface area contributed by atoms with Gasteiger partial charge in [0.25, 0.3) is 0 Å². The quantitative estimate of drug-likeness (QED) is 0.402. The summed E-state index contributed by atoms with van der Waals surface area (Å²) in [4.78, 5) is 9.07. The van der Waals surface area contributed by atoms with E-state index in [0.29, 0.717) is 6.61 Å². The Morgan fingerprint density at radius 1 is 0.844 bits per heavy atom. The molecule has 0 radical (unpaired) electrons. The van der Waals surface area contributed by atoms with Crippen LogP contribution in [-0.2, 0) is 30.7 Å². The number of hydrogen-bond donors (Lipinski definition) is 0. The van der Waals surface area contributed by atoms with Crippen LogP contribution in [0.25, 0.3) is 11.0 Å². The molecule has 2 aromatic heterocycles. The average Bonchev–Trinajstić information content (AvgIpc) is 3.12. The van der Waals surface area contributed by atoms with Crippen LogP contribution >= 0.6 is 12.4 Å². The Bertz CT molecular complexity index is 1090. The molecule has 0 atom stereocenters. The number of aryl methyl sites for hydroxylation is 2. The van der Waals surface area contributed by atoms with Crippen LogP contribution in [0, 0.1) is 0 Å². The van der Waals surface area contributed by atoms with Crippen LogP contribution in [-0.4, -0.2) is 39.7 Å². The lowest BCUT2D eigenvalue weighted by Gasteiger charge is -2.12. The largest absolute Gasteiger partial charge is 0.494 e. The van der Waals surface area contributed by atoms with E-state index in [4.69, 9.17) is 14.5 Å². The first-order valence-electron chi connectivity index (χ1n) is 9.77. The van der Waals surface area contributed by atoms with Crippen molar-refractivity contribution in [2.75, 3.05) is 14.2 Å². The highest BCUT2D eigenvalue weighted by Gasteiger charge is 2.18. The summed E-state index contributed by atoms with van der Waals surface area (Å²) >= 11 is 0. The number of benzene rings is 2. The zero-order valence-electron chi connectivity index (χ0n) is 18.2. The third kappa shape index (κ3) is 5.83. The van der Waals surface area contributed by atoms with Crippen molar-refractivity contribution in [1.82, 2.24) is 14.5 Å². The monoisotopic (exact) mass is 459 g/mol. The first-order chi connectivity index (χ1) is 14.3. The maximum atomic E-state index is 5.71. The number of pyridine rings is 1. The summed E-state index contributed by atoms with van der Waals surface area (Å²) in [6.07, 6.45) is 5.52. The summed E-state index contributed by atoms with van der Waals surface area (Å²) in [6, 6.07) is 18.7. The third-order valence-corrected chi connectivity index (χ3v) is 5.13. The lowest BCUT2D eigenvalue weighted by atomic mass is 10.0. The molecule has 4 N–H and O–H groups in total. The summed E-state index contributed by atoms with van der Waals surface area (Å²) < 4.78 is 13.4. The highest BCUT2D eigenvalue weighted by molar-refractivity contribution is 5.86. The zero-order chi connectivity index (χ0) is 20.1. The second-order valence-corrected chi connectivity index (χ2v) is 7.01. The van der Waals surface area contributed by atoms with E-state index in [1.54, 1.807) is 14.2 Å². The van der Waals surface area contributed by atoms with Gasteiger partial charge in [0.2, 0.25) is 0 Å². The van der Waals surface area contributed by atoms with Gasteiger partial charge in [0, 0.05) is 26.0 Å². The van der Waals surface area contributed by atoms with Gasteiger partial charge in [-0.15, -0.1) is 12.4 Å². The Hall–Kier alpha value is -2.97. The number of fused-ring (bicyclic) bond motifs is 1. The first-order valence-corrected chi connectivity index (χ1v) is 9.77. The molecular weight excluding hydrogens is 430 g/mol. The van der Waals surface area contributed by atoms with Crippen LogP contribution in [0.1, 0.15) is 22.5 Å². The molecular formula is C24H30ClN3O4. The van der Waals surface area contributed by atoms with Gasteiger partial charge < -0.3 is 25.0 Å². The Balaban J connectivity index is 0.00000171. The maximum absolute atomic E-state index is 5.71. The minimum Gasteiger partial charge on any atom is -0.494 e. The van der Waals surface area contributed by atoms with E-state index < -0.39 is 0 Å². The zero-order valence-corrected chi connectivity index (χ0v) is 19.1. The summed E-state index contributed by atoms with van der Waals surface area (Å²) in [7, 11) is 3.41. The van der Waals surface area contributed by atoms with Gasteiger partial charge in [-0.25, -0.2) is 4.98 Å². The molecule has 0 amide bonds. The van der Waals surface area contributed by atoms with Gasteiger partial charge in [0.1, 0.15) is 23.7 Å². The number of hydrogen-bond acceptors (Lipinski definition) is 4. The molecule has 4 aromatic rings. The normalized spacial score (nSPS) is 10.1. The number of nitrogens with zero attached hydrogens (tertiary/aromatic N) is 3. The fourth-order valence-electron chi connectivity index (χ4n) is 3.68. The van der Waals surface area contributed by atoms with E-state index in [-0.39, 0.29) is 23.4 Å². The molecule has 4 rings (SSSR count). The first kappa shape index (κ1) is 27.1. The van der Waals surface area contributed by atoms with Gasteiger partial charge in [-0.05, 0) is 47.7 Å². The molecule has 0 bridgehead atoms. The summed E-state index contributed by atoms with van der Waals surface area (Å²) in [6.45, 7) is 1.18. The Morgan fingerprint density at radius 3 is 2.22 bits per heavy atom. The number of rotatable bonds is 8. The minimum atomic E-state index is 0. The predicted molar refractivity (Wildman–Crippen MR) is 129 cm³/mol. The maximum Gasteiger partial charge on any atom is 0.144 e. The third-order valence-electron chi connectivity index (χ3n) is 5.13. The minimum absolute atomic E-state index is 0. The number of halogens is 1. The van der Waals surface area contributed by atoms with Crippen LogP contribution in [0.2, 0.25) is 0 Å². The Morgan fingerprint density at radius 2 is 1.56 bits per heavy atom. The summed E-state index contributed by atoms with van der Waals surface area (Å²) in [5.74, 6) is 1.74. The number of imidazole rings is 1. The van der Waals surface area contributed by atoms with Crippen molar-refractivity contribution in [3.63, 3.8) is 0 Å². The van der Waals surface area contributed by atoms with E-state index in [2.05, 4.69) is 52.0 Å². The van der Waals surface area contributed by atoms with Crippen molar-refractivity contribution in [2.24, 2.45) is 0 Å². The van der Waals surface area contributed by atoms with Gasteiger partial charge in [-0.1, -0.05) is 36.4 Å². The molecule has 0 aliphatic rings. The van der Waals surface area contributed by atoms with Crippen molar-refractivity contribution < 1.29 is 20.4 Å². The molecule has 32 heavy (non-hydrogen) atoms. The van der Waals surface area contributed by atoms with E-state index >= 15 is 0 Å². The van der Waals surface area contributed by atoms with Gasteiger partial charge in [-0.3, -0.25) is 4.98 Å². The number of ether oxygens (including phenoxy) is 2. The number of methoxy groups -OCH3 is 2. The highest BCUT2D eigenvalue weighted by Crippen LogP contribution is 2.31. The Labute approximate surface area is 194 Å². The molecule has 0 saturated carbocycles. The fraction of sp³-hybridized carbons (Fsp3) is 0.250. The van der Waals surface area contributed by atoms with Gasteiger partial charge in [0.15, 0.2) is 0 Å². The van der Waals surface area contributed by atoms with Crippen LogP contribution in [0.5, 0.6) is 5.75 Å². The second kappa shape index (κ2) is 12.8. The Kier molecular flexibility index (Phi) is 10.8. The van der Waals surface area contributed by atoms with Crippen molar-refractivity contribution in [1.29, 1.82) is 0 Å². The van der Waals surface area contributed by atoms with Crippen molar-refractivity contribution >= 4 is 23.4 Å². The lowest BCUT2D eigenvalue weighted by Crippen LogP contribution is -2.06. The molecule has 0 fully saturated rings. The van der Waals surface area contributed by atoms with Crippen molar-refractivity contribution in [2.45, 2.75) is 26.0 Å². The molecule has 0 aliphatic carbocycles. The predicted octanol–water partition coefficient (Wildman–Crippen LogP) is 3.19. The summed E-state index contributed by atoms with van der Waals surface area (Å²) in [5, 5.41) is 0. The van der Waals surface area contributed by atoms with Gasteiger partial charge in [-0.2, -0.15) is 0 Å². The molecule has 0 unspecified atom stereocenters. The fourth-order valence-corrected chi connectivity index (χ4v) is 3.68. The smallest absolute Gasteiger partial charge is 0.144 e. The molecule has 0 aliphatic heterocycles. The van der Waals surface area contributed by atoms with Gasteiger partial charge in [0.05, 0.1) is 12.6 Å². The van der Waals surface area contributed by atoms with Gasteiger partial charge >= 0.3 is 0 Å². The van der Waals surface area contributed by atoms with Crippen molar-refractivity contribution in [3.05, 3.63) is 89.5 Å². The molecule has 8 heteroatoms. The number of aromatic nitrogens is 3. The van der Waals surface area contributed by atoms with Crippen molar-refractivity contribution in [3.8, 4) is 5.75 Å². The van der Waals surface area contributed by atoms with Crippen LogP contribution in [0.3, 0.4) is 0 Å². The molecule has 0 saturated heterocycles. The average molecular weight is 460 g/mol. The molecule has 7 nitrogen and oxygen atoms in total. The van der Waals surface area contributed by atoms with Crippen LogP contribution in [0.15, 0.2) is 67.0 Å². The molecule has 2 heterocycles. The molecule has 2 aromatic carbocycles. The van der Waals surface area contributed by atoms with E-state index in [0.717, 1.165) is 42.0 Å². The van der Waals surface area contributed by atoms with Crippen LogP contribution < -0.4 is 4.74 Å². The van der Waals surface area contributed by atoms with Crippen LogP contribution in [0.4, 0.5) is 0 Å².